The average Bonchev–Trinajstić information content (AvgIpc) is 3.17. The van der Waals surface area contributed by atoms with Crippen LogP contribution in [-0.2, 0) is 9.53 Å². The van der Waals surface area contributed by atoms with Crippen LogP contribution in [0.5, 0.6) is 0 Å². The van der Waals surface area contributed by atoms with Crippen molar-refractivity contribution in [3.63, 3.8) is 0 Å². The number of nitrogens with one attached hydrogen (secondary N) is 2. The van der Waals surface area contributed by atoms with Crippen LogP contribution in [0.2, 0.25) is 0 Å². The highest BCUT2D eigenvalue weighted by Gasteiger charge is 2.11. The highest BCUT2D eigenvalue weighted by atomic mass is 32.1. The molecular weight excluding hydrogens is 384 g/mol. The fraction of sp³-hybridized carbons (Fsp3) is 0.364. The lowest BCUT2D eigenvalue weighted by atomic mass is 10.2. The Morgan fingerprint density at radius 3 is 2.59 bits per heavy atom. The van der Waals surface area contributed by atoms with Gasteiger partial charge in [0.05, 0.1) is 35.0 Å². The zero-order chi connectivity index (χ0) is 20.2. The quantitative estimate of drug-likeness (QED) is 0.634. The largest absolute Gasteiger partial charge is 0.378 e. The van der Waals surface area contributed by atoms with Gasteiger partial charge in [0.25, 0.3) is 0 Å². The maximum atomic E-state index is 12.3. The molecule has 7 heteroatoms. The Balaban J connectivity index is 1.32. The number of thiazole rings is 1. The summed E-state index contributed by atoms with van der Waals surface area (Å²) in [4.78, 5) is 19.3. The maximum Gasteiger partial charge on any atom is 0.243 e. The Kier molecular flexibility index (Phi) is 5.97. The minimum Gasteiger partial charge on any atom is -0.378 e. The van der Waals surface area contributed by atoms with Crippen molar-refractivity contribution in [3.05, 3.63) is 47.5 Å². The van der Waals surface area contributed by atoms with Gasteiger partial charge in [0.1, 0.15) is 0 Å². The summed E-state index contributed by atoms with van der Waals surface area (Å²) in [5.74, 6) is 0.348. The number of morpholine rings is 1. The molecule has 0 aliphatic carbocycles. The van der Waals surface area contributed by atoms with E-state index in [9.17, 15) is 4.79 Å². The number of amides is 1. The molecule has 152 valence electrons. The van der Waals surface area contributed by atoms with E-state index in [1.165, 1.54) is 0 Å². The number of anilines is 3. The lowest BCUT2D eigenvalue weighted by molar-refractivity contribution is -0.114. The van der Waals surface area contributed by atoms with Crippen molar-refractivity contribution in [1.29, 1.82) is 0 Å². The molecule has 0 bridgehead atoms. The van der Waals surface area contributed by atoms with E-state index in [1.807, 2.05) is 36.4 Å². The number of hydrogen-bond acceptors (Lipinski definition) is 6. The Morgan fingerprint density at radius 1 is 1.14 bits per heavy atom. The molecule has 0 unspecified atom stereocenters. The lowest BCUT2D eigenvalue weighted by Crippen LogP contribution is -2.36. The summed E-state index contributed by atoms with van der Waals surface area (Å²) in [5, 5.41) is 7.28. The average molecular weight is 411 g/mol. The highest BCUT2D eigenvalue weighted by molar-refractivity contribution is 7.18. The van der Waals surface area contributed by atoms with Gasteiger partial charge in [-0.25, -0.2) is 4.98 Å². The van der Waals surface area contributed by atoms with E-state index in [0.29, 0.717) is 5.92 Å². The molecule has 2 N–H and O–H groups in total. The van der Waals surface area contributed by atoms with Crippen molar-refractivity contribution in [2.45, 2.75) is 19.8 Å². The number of rotatable bonds is 6. The molecule has 0 saturated carbocycles. The van der Waals surface area contributed by atoms with Gasteiger partial charge in [0, 0.05) is 36.1 Å². The number of ether oxygens (including phenoxy) is 1. The molecular formula is C22H26N4O2S. The van der Waals surface area contributed by atoms with Gasteiger partial charge >= 0.3 is 0 Å². The summed E-state index contributed by atoms with van der Waals surface area (Å²) in [7, 11) is 0. The second-order valence-electron chi connectivity index (χ2n) is 7.44. The monoisotopic (exact) mass is 410 g/mol. The van der Waals surface area contributed by atoms with Crippen LogP contribution in [0.1, 0.15) is 24.8 Å². The van der Waals surface area contributed by atoms with E-state index in [0.717, 1.165) is 58.6 Å². The second-order valence-corrected chi connectivity index (χ2v) is 8.50. The van der Waals surface area contributed by atoms with Crippen molar-refractivity contribution in [2.75, 3.05) is 48.4 Å². The predicted octanol–water partition coefficient (Wildman–Crippen LogP) is 4.31. The van der Waals surface area contributed by atoms with Gasteiger partial charge in [-0.3, -0.25) is 4.79 Å². The van der Waals surface area contributed by atoms with E-state index in [4.69, 9.17) is 4.74 Å². The zero-order valence-corrected chi connectivity index (χ0v) is 17.6. The van der Waals surface area contributed by atoms with Crippen molar-refractivity contribution in [3.8, 4) is 0 Å². The smallest absolute Gasteiger partial charge is 0.243 e. The number of aromatic nitrogens is 1. The van der Waals surface area contributed by atoms with Crippen molar-refractivity contribution < 1.29 is 9.53 Å². The summed E-state index contributed by atoms with van der Waals surface area (Å²) in [6.07, 6.45) is 0. The van der Waals surface area contributed by atoms with E-state index in [2.05, 4.69) is 40.4 Å². The Hall–Kier alpha value is -2.64. The highest BCUT2D eigenvalue weighted by Crippen LogP contribution is 2.29. The third-order valence-corrected chi connectivity index (χ3v) is 6.20. The number of hydrogen-bond donors (Lipinski definition) is 2. The molecule has 6 nitrogen and oxygen atoms in total. The second kappa shape index (κ2) is 8.80. The number of benzene rings is 2. The summed E-state index contributed by atoms with van der Waals surface area (Å²) < 4.78 is 6.52. The standard InChI is InChI=1S/C22H26N4O2S/c1-15(2)22-25-19-8-5-17(13-20(19)29-22)23-14-21(27)24-16-3-6-18(7-4-16)26-9-11-28-12-10-26/h3-8,13,15,23H,9-12,14H2,1-2H3,(H,24,27). The van der Waals surface area contributed by atoms with Crippen LogP contribution in [0.3, 0.4) is 0 Å². The Labute approximate surface area is 174 Å². The van der Waals surface area contributed by atoms with Crippen molar-refractivity contribution in [1.82, 2.24) is 4.98 Å². The van der Waals surface area contributed by atoms with Gasteiger partial charge < -0.3 is 20.3 Å². The molecule has 1 saturated heterocycles. The molecule has 0 radical (unpaired) electrons. The number of carbonyl (C=O) groups is 1. The minimum absolute atomic E-state index is 0.0728. The molecule has 2 aromatic carbocycles. The Bertz CT molecular complexity index is 978. The van der Waals surface area contributed by atoms with E-state index in [-0.39, 0.29) is 12.5 Å². The third kappa shape index (κ3) is 4.86. The molecule has 0 spiro atoms. The van der Waals surface area contributed by atoms with Crippen LogP contribution >= 0.6 is 11.3 Å². The first-order chi connectivity index (χ1) is 14.1. The van der Waals surface area contributed by atoms with Crippen LogP contribution in [0.25, 0.3) is 10.2 Å². The van der Waals surface area contributed by atoms with Gasteiger partial charge in [-0.15, -0.1) is 11.3 Å². The summed E-state index contributed by atoms with van der Waals surface area (Å²) in [6.45, 7) is 7.83. The van der Waals surface area contributed by atoms with Crippen LogP contribution < -0.4 is 15.5 Å². The Morgan fingerprint density at radius 2 is 1.86 bits per heavy atom. The SMILES string of the molecule is CC(C)c1nc2ccc(NCC(=O)Nc3ccc(N4CCOCC4)cc3)cc2s1. The molecule has 1 fully saturated rings. The molecule has 3 aromatic rings. The molecule has 1 aromatic heterocycles. The van der Waals surface area contributed by atoms with Crippen LogP contribution in [0.4, 0.5) is 17.1 Å². The topological polar surface area (TPSA) is 66.5 Å². The fourth-order valence-electron chi connectivity index (χ4n) is 3.26. The van der Waals surface area contributed by atoms with Crippen LogP contribution in [0.15, 0.2) is 42.5 Å². The van der Waals surface area contributed by atoms with Crippen LogP contribution in [-0.4, -0.2) is 43.7 Å². The third-order valence-electron chi connectivity index (χ3n) is 4.88. The fourth-order valence-corrected chi connectivity index (χ4v) is 4.27. The molecule has 1 aliphatic heterocycles. The van der Waals surface area contributed by atoms with Gasteiger partial charge in [-0.05, 0) is 42.5 Å². The maximum absolute atomic E-state index is 12.3. The minimum atomic E-state index is -0.0728. The van der Waals surface area contributed by atoms with Crippen LogP contribution in [0, 0.1) is 0 Å². The molecule has 0 atom stereocenters. The molecule has 2 heterocycles. The number of nitrogens with zero attached hydrogens (tertiary/aromatic N) is 2. The first-order valence-corrected chi connectivity index (χ1v) is 10.8. The molecule has 1 aliphatic rings. The van der Waals surface area contributed by atoms with Crippen molar-refractivity contribution >= 4 is 44.5 Å². The van der Waals surface area contributed by atoms with Gasteiger partial charge in [0.2, 0.25) is 5.91 Å². The first-order valence-electron chi connectivity index (χ1n) is 9.95. The summed E-state index contributed by atoms with van der Waals surface area (Å²) in [5.41, 5.74) is 3.89. The normalized spacial score (nSPS) is 14.4. The molecule has 1 amide bonds. The van der Waals surface area contributed by atoms with Gasteiger partial charge in [-0.1, -0.05) is 13.8 Å². The lowest BCUT2D eigenvalue weighted by Gasteiger charge is -2.28. The van der Waals surface area contributed by atoms with Gasteiger partial charge in [0.15, 0.2) is 0 Å². The molecule has 4 rings (SSSR count). The predicted molar refractivity (Wildman–Crippen MR) is 120 cm³/mol. The first kappa shape index (κ1) is 19.7. The van der Waals surface area contributed by atoms with Gasteiger partial charge in [-0.2, -0.15) is 0 Å². The molecule has 29 heavy (non-hydrogen) atoms. The number of fused-ring (bicyclic) bond motifs is 1. The summed E-state index contributed by atoms with van der Waals surface area (Å²) >= 11 is 1.71. The zero-order valence-electron chi connectivity index (χ0n) is 16.8. The van der Waals surface area contributed by atoms with Crippen molar-refractivity contribution in [2.24, 2.45) is 0 Å². The van der Waals surface area contributed by atoms with E-state index >= 15 is 0 Å². The summed E-state index contributed by atoms with van der Waals surface area (Å²) in [6, 6.07) is 14.0. The van der Waals surface area contributed by atoms with E-state index in [1.54, 1.807) is 11.3 Å². The van der Waals surface area contributed by atoms with E-state index < -0.39 is 0 Å². The number of carbonyl (C=O) groups excluding carboxylic acids is 1.